The van der Waals surface area contributed by atoms with Crippen LogP contribution < -0.4 is 5.32 Å². The van der Waals surface area contributed by atoms with Crippen LogP contribution in [0.25, 0.3) is 0 Å². The van der Waals surface area contributed by atoms with Crippen LogP contribution in [0.2, 0.25) is 0 Å². The molecule has 0 saturated carbocycles. The molecule has 0 spiro atoms. The monoisotopic (exact) mass is 379 g/mol. The largest absolute Gasteiger partial charge is 0.310 e. The van der Waals surface area contributed by atoms with Crippen LogP contribution in [0.4, 0.5) is 0 Å². The molecule has 0 fully saturated rings. The molecule has 0 aromatic heterocycles. The minimum Gasteiger partial charge on any atom is -0.310 e. The lowest BCUT2D eigenvalue weighted by Crippen LogP contribution is -2.24. The van der Waals surface area contributed by atoms with Gasteiger partial charge in [-0.3, -0.25) is 0 Å². The van der Waals surface area contributed by atoms with Gasteiger partial charge in [-0.05, 0) is 72.2 Å². The van der Waals surface area contributed by atoms with Crippen LogP contribution >= 0.6 is 22.6 Å². The summed E-state index contributed by atoms with van der Waals surface area (Å²) in [6.45, 7) is 5.40. The van der Waals surface area contributed by atoms with Gasteiger partial charge in [0.25, 0.3) is 0 Å². The van der Waals surface area contributed by atoms with E-state index in [0.717, 1.165) is 19.4 Å². The Hall–Kier alpha value is -0.870. The standard InChI is InChI=1S/C18H22IN/c1-3-12-20-18(16-8-10-17(19)11-9-16)13-15-6-4-14(2)5-7-15/h4-11,18,20H,3,12-13H2,1-2H3. The second-order valence-corrected chi connectivity index (χ2v) is 6.49. The highest BCUT2D eigenvalue weighted by molar-refractivity contribution is 14.1. The van der Waals surface area contributed by atoms with E-state index in [1.165, 1.54) is 20.3 Å². The summed E-state index contributed by atoms with van der Waals surface area (Å²) in [5.74, 6) is 0. The lowest BCUT2D eigenvalue weighted by Gasteiger charge is -2.19. The van der Waals surface area contributed by atoms with Gasteiger partial charge in [-0.2, -0.15) is 0 Å². The normalized spacial score (nSPS) is 12.3. The Bertz CT molecular complexity index is 516. The molecule has 0 amide bonds. The highest BCUT2D eigenvalue weighted by atomic mass is 127. The van der Waals surface area contributed by atoms with E-state index in [1.807, 2.05) is 0 Å². The topological polar surface area (TPSA) is 12.0 Å². The molecule has 0 heterocycles. The number of hydrogen-bond donors (Lipinski definition) is 1. The molecule has 0 aliphatic rings. The Morgan fingerprint density at radius 2 is 1.65 bits per heavy atom. The summed E-state index contributed by atoms with van der Waals surface area (Å²) in [6.07, 6.45) is 2.20. The molecule has 1 unspecified atom stereocenters. The first-order valence-corrected chi connectivity index (χ1v) is 8.31. The number of benzene rings is 2. The molecule has 0 aliphatic carbocycles. The van der Waals surface area contributed by atoms with Gasteiger partial charge in [0.1, 0.15) is 0 Å². The lowest BCUT2D eigenvalue weighted by molar-refractivity contribution is 0.529. The van der Waals surface area contributed by atoms with Crippen molar-refractivity contribution in [1.29, 1.82) is 0 Å². The molecule has 0 aliphatic heterocycles. The van der Waals surface area contributed by atoms with E-state index in [-0.39, 0.29) is 0 Å². The van der Waals surface area contributed by atoms with Crippen LogP contribution in [-0.2, 0) is 6.42 Å². The molecule has 1 atom stereocenters. The fraction of sp³-hybridized carbons (Fsp3) is 0.333. The molecule has 2 heteroatoms. The fourth-order valence-electron chi connectivity index (χ4n) is 2.28. The van der Waals surface area contributed by atoms with E-state index < -0.39 is 0 Å². The Morgan fingerprint density at radius 1 is 1.00 bits per heavy atom. The van der Waals surface area contributed by atoms with Gasteiger partial charge in [0, 0.05) is 9.61 Å². The Morgan fingerprint density at radius 3 is 2.25 bits per heavy atom. The molecule has 20 heavy (non-hydrogen) atoms. The average molecular weight is 379 g/mol. The molecule has 1 N–H and O–H groups in total. The maximum absolute atomic E-state index is 3.67. The number of rotatable bonds is 6. The summed E-state index contributed by atoms with van der Waals surface area (Å²) < 4.78 is 1.29. The van der Waals surface area contributed by atoms with Crippen molar-refractivity contribution in [1.82, 2.24) is 5.32 Å². The fourth-order valence-corrected chi connectivity index (χ4v) is 2.64. The van der Waals surface area contributed by atoms with Crippen molar-refractivity contribution in [2.75, 3.05) is 6.54 Å². The molecule has 106 valence electrons. The SMILES string of the molecule is CCCNC(Cc1ccc(C)cc1)c1ccc(I)cc1. The van der Waals surface area contributed by atoms with Crippen molar-refractivity contribution in [3.63, 3.8) is 0 Å². The molecule has 0 radical (unpaired) electrons. The van der Waals surface area contributed by atoms with Gasteiger partial charge in [-0.25, -0.2) is 0 Å². The third kappa shape index (κ3) is 4.60. The molecule has 0 bridgehead atoms. The average Bonchev–Trinajstić information content (AvgIpc) is 2.46. The van der Waals surface area contributed by atoms with Crippen molar-refractivity contribution in [3.8, 4) is 0 Å². The minimum atomic E-state index is 0.398. The van der Waals surface area contributed by atoms with Crippen LogP contribution in [0.1, 0.15) is 36.1 Å². The van der Waals surface area contributed by atoms with Gasteiger partial charge in [-0.15, -0.1) is 0 Å². The second kappa shape index (κ2) is 7.79. The van der Waals surface area contributed by atoms with Crippen molar-refractivity contribution in [2.24, 2.45) is 0 Å². The first-order valence-electron chi connectivity index (χ1n) is 7.23. The van der Waals surface area contributed by atoms with E-state index >= 15 is 0 Å². The lowest BCUT2D eigenvalue weighted by atomic mass is 9.98. The smallest absolute Gasteiger partial charge is 0.0360 e. The van der Waals surface area contributed by atoms with Gasteiger partial charge in [-0.1, -0.05) is 48.9 Å². The third-order valence-corrected chi connectivity index (χ3v) is 4.19. The molecular weight excluding hydrogens is 357 g/mol. The molecule has 2 aromatic carbocycles. The Kier molecular flexibility index (Phi) is 6.05. The maximum atomic E-state index is 3.67. The second-order valence-electron chi connectivity index (χ2n) is 5.25. The number of aryl methyl sites for hydroxylation is 1. The van der Waals surface area contributed by atoms with E-state index in [4.69, 9.17) is 0 Å². The van der Waals surface area contributed by atoms with Crippen LogP contribution in [-0.4, -0.2) is 6.54 Å². The zero-order valence-corrected chi connectivity index (χ0v) is 14.4. The maximum Gasteiger partial charge on any atom is 0.0360 e. The van der Waals surface area contributed by atoms with Gasteiger partial charge in [0.15, 0.2) is 0 Å². The number of nitrogens with one attached hydrogen (secondary N) is 1. The molecule has 2 rings (SSSR count). The summed E-state index contributed by atoms with van der Waals surface area (Å²) in [5, 5.41) is 3.67. The minimum absolute atomic E-state index is 0.398. The highest BCUT2D eigenvalue weighted by Gasteiger charge is 2.11. The Labute approximate surface area is 135 Å². The van der Waals surface area contributed by atoms with Gasteiger partial charge < -0.3 is 5.32 Å². The van der Waals surface area contributed by atoms with Crippen LogP contribution in [0, 0.1) is 10.5 Å². The zero-order chi connectivity index (χ0) is 14.4. The van der Waals surface area contributed by atoms with Crippen molar-refractivity contribution >= 4 is 22.6 Å². The zero-order valence-electron chi connectivity index (χ0n) is 12.2. The third-order valence-electron chi connectivity index (χ3n) is 3.47. The molecule has 1 nitrogen and oxygen atoms in total. The molecule has 0 saturated heterocycles. The van der Waals surface area contributed by atoms with Gasteiger partial charge in [0.05, 0.1) is 0 Å². The first kappa shape index (κ1) is 15.5. The van der Waals surface area contributed by atoms with E-state index in [2.05, 4.69) is 90.3 Å². The summed E-state index contributed by atoms with van der Waals surface area (Å²) >= 11 is 2.36. The quantitative estimate of drug-likeness (QED) is 0.706. The van der Waals surface area contributed by atoms with Crippen LogP contribution in [0.5, 0.6) is 0 Å². The molecular formula is C18H22IN. The summed E-state index contributed by atoms with van der Waals surface area (Å²) in [7, 11) is 0. The summed E-state index contributed by atoms with van der Waals surface area (Å²) in [5.41, 5.74) is 4.09. The highest BCUT2D eigenvalue weighted by Crippen LogP contribution is 2.20. The van der Waals surface area contributed by atoms with E-state index in [1.54, 1.807) is 0 Å². The van der Waals surface area contributed by atoms with Crippen LogP contribution in [0.3, 0.4) is 0 Å². The first-order chi connectivity index (χ1) is 9.69. The van der Waals surface area contributed by atoms with Crippen molar-refractivity contribution < 1.29 is 0 Å². The van der Waals surface area contributed by atoms with Crippen molar-refractivity contribution in [3.05, 3.63) is 68.8 Å². The van der Waals surface area contributed by atoms with Gasteiger partial charge in [0.2, 0.25) is 0 Å². The van der Waals surface area contributed by atoms with Crippen molar-refractivity contribution in [2.45, 2.75) is 32.7 Å². The number of hydrogen-bond acceptors (Lipinski definition) is 1. The van der Waals surface area contributed by atoms with E-state index in [9.17, 15) is 0 Å². The summed E-state index contributed by atoms with van der Waals surface area (Å²) in [4.78, 5) is 0. The predicted octanol–water partition coefficient (Wildman–Crippen LogP) is 4.88. The van der Waals surface area contributed by atoms with Crippen LogP contribution in [0.15, 0.2) is 48.5 Å². The number of halogens is 1. The summed E-state index contributed by atoms with van der Waals surface area (Å²) in [6, 6.07) is 18.1. The van der Waals surface area contributed by atoms with Gasteiger partial charge >= 0.3 is 0 Å². The predicted molar refractivity (Wildman–Crippen MR) is 95.1 cm³/mol. The Balaban J connectivity index is 2.14. The van der Waals surface area contributed by atoms with E-state index in [0.29, 0.717) is 6.04 Å². The molecule has 2 aromatic rings.